The fourth-order valence-corrected chi connectivity index (χ4v) is 2.10. The van der Waals surface area contributed by atoms with E-state index in [2.05, 4.69) is 19.4 Å². The van der Waals surface area contributed by atoms with Gasteiger partial charge >= 0.3 is 0 Å². The molecule has 92 valence electrons. The van der Waals surface area contributed by atoms with Gasteiger partial charge in [-0.2, -0.15) is 0 Å². The van der Waals surface area contributed by atoms with Gasteiger partial charge in [-0.1, -0.05) is 6.07 Å². The van der Waals surface area contributed by atoms with Crippen LogP contribution in [0.1, 0.15) is 23.3 Å². The average molecular weight is 241 g/mol. The van der Waals surface area contributed by atoms with Crippen molar-refractivity contribution in [3.63, 3.8) is 0 Å². The number of imidazole rings is 2. The van der Waals surface area contributed by atoms with Crippen LogP contribution in [-0.4, -0.2) is 19.4 Å². The summed E-state index contributed by atoms with van der Waals surface area (Å²) in [6, 6.07) is 5.86. The van der Waals surface area contributed by atoms with Crippen LogP contribution in [0.4, 0.5) is 0 Å². The summed E-state index contributed by atoms with van der Waals surface area (Å²) in [7, 11) is 0. The van der Waals surface area contributed by atoms with Crippen LogP contribution in [0.5, 0.6) is 0 Å². The molecule has 0 saturated carbocycles. The van der Waals surface area contributed by atoms with Crippen molar-refractivity contribution in [3.8, 4) is 0 Å². The Hall–Kier alpha value is -2.14. The third-order valence-corrected chi connectivity index (χ3v) is 3.04. The van der Waals surface area contributed by atoms with Gasteiger partial charge in [0.1, 0.15) is 11.5 Å². The van der Waals surface area contributed by atoms with Crippen LogP contribution in [0.2, 0.25) is 0 Å². The standard InChI is InChI=1S/C13H15N5/c1-9-15-8-12(17-9)11(14)6-10-7-16-13-4-2-3-5-18(10)13/h2-5,7-8,11H,6,14H2,1H3,(H,15,17). The Balaban J connectivity index is 1.88. The highest BCUT2D eigenvalue weighted by atomic mass is 15.0. The highest BCUT2D eigenvalue weighted by molar-refractivity contribution is 5.40. The van der Waals surface area contributed by atoms with E-state index < -0.39 is 0 Å². The molecule has 0 bridgehead atoms. The number of pyridine rings is 1. The Morgan fingerprint density at radius 1 is 1.33 bits per heavy atom. The lowest BCUT2D eigenvalue weighted by Crippen LogP contribution is -2.14. The predicted molar refractivity (Wildman–Crippen MR) is 69.1 cm³/mol. The summed E-state index contributed by atoms with van der Waals surface area (Å²) in [5.41, 5.74) is 9.18. The highest BCUT2D eigenvalue weighted by Gasteiger charge is 2.12. The minimum atomic E-state index is -0.0914. The van der Waals surface area contributed by atoms with Gasteiger partial charge in [-0.15, -0.1) is 0 Å². The number of H-pyrrole nitrogens is 1. The molecule has 0 aliphatic rings. The Labute approximate surface area is 105 Å². The number of aromatic nitrogens is 4. The third-order valence-electron chi connectivity index (χ3n) is 3.04. The molecule has 3 N–H and O–H groups in total. The molecular weight excluding hydrogens is 226 g/mol. The van der Waals surface area contributed by atoms with Crippen LogP contribution in [0, 0.1) is 6.92 Å². The first-order chi connectivity index (χ1) is 8.74. The van der Waals surface area contributed by atoms with E-state index in [1.165, 1.54) is 0 Å². The number of hydrogen-bond donors (Lipinski definition) is 2. The number of rotatable bonds is 3. The quantitative estimate of drug-likeness (QED) is 0.731. The molecule has 0 amide bonds. The molecule has 18 heavy (non-hydrogen) atoms. The molecule has 0 radical (unpaired) electrons. The third kappa shape index (κ3) is 1.89. The molecule has 0 aliphatic carbocycles. The molecule has 0 spiro atoms. The largest absolute Gasteiger partial charge is 0.345 e. The minimum absolute atomic E-state index is 0.0914. The smallest absolute Gasteiger partial charge is 0.136 e. The lowest BCUT2D eigenvalue weighted by atomic mass is 10.1. The fourth-order valence-electron chi connectivity index (χ4n) is 2.10. The monoisotopic (exact) mass is 241 g/mol. The Morgan fingerprint density at radius 2 is 2.22 bits per heavy atom. The van der Waals surface area contributed by atoms with E-state index in [1.54, 1.807) is 6.20 Å². The lowest BCUT2D eigenvalue weighted by Gasteiger charge is -2.09. The van der Waals surface area contributed by atoms with Crippen molar-refractivity contribution >= 4 is 5.65 Å². The van der Waals surface area contributed by atoms with Crippen molar-refractivity contribution in [2.45, 2.75) is 19.4 Å². The van der Waals surface area contributed by atoms with E-state index >= 15 is 0 Å². The molecule has 3 rings (SSSR count). The SMILES string of the molecule is Cc1ncc(C(N)Cc2cnc3ccccn23)[nH]1. The number of hydrogen-bond acceptors (Lipinski definition) is 3. The molecule has 1 atom stereocenters. The molecule has 3 aromatic heterocycles. The van der Waals surface area contributed by atoms with E-state index in [0.717, 1.165) is 29.3 Å². The van der Waals surface area contributed by atoms with Crippen LogP contribution < -0.4 is 5.73 Å². The van der Waals surface area contributed by atoms with Gasteiger partial charge in [0.2, 0.25) is 0 Å². The molecule has 5 heteroatoms. The first kappa shape index (κ1) is 11.0. The average Bonchev–Trinajstić information content (AvgIpc) is 2.97. The molecule has 3 heterocycles. The van der Waals surface area contributed by atoms with Crippen LogP contribution in [0.15, 0.2) is 36.8 Å². The van der Waals surface area contributed by atoms with Crippen molar-refractivity contribution in [3.05, 3.63) is 54.0 Å². The Kier molecular flexibility index (Phi) is 2.60. The van der Waals surface area contributed by atoms with Gasteiger partial charge in [-0.3, -0.25) is 0 Å². The summed E-state index contributed by atoms with van der Waals surface area (Å²) >= 11 is 0. The topological polar surface area (TPSA) is 72.0 Å². The second kappa shape index (κ2) is 4.27. The van der Waals surface area contributed by atoms with E-state index in [-0.39, 0.29) is 6.04 Å². The normalized spacial score (nSPS) is 13.0. The van der Waals surface area contributed by atoms with E-state index in [1.807, 2.05) is 37.5 Å². The van der Waals surface area contributed by atoms with Gasteiger partial charge in [0.15, 0.2) is 0 Å². The lowest BCUT2D eigenvalue weighted by molar-refractivity contribution is 0.682. The fraction of sp³-hybridized carbons (Fsp3) is 0.231. The maximum absolute atomic E-state index is 6.18. The van der Waals surface area contributed by atoms with Gasteiger partial charge in [0.05, 0.1) is 11.7 Å². The maximum Gasteiger partial charge on any atom is 0.136 e. The van der Waals surface area contributed by atoms with Crippen molar-refractivity contribution in [1.82, 2.24) is 19.4 Å². The van der Waals surface area contributed by atoms with Gasteiger partial charge < -0.3 is 15.1 Å². The number of nitrogens with one attached hydrogen (secondary N) is 1. The number of fused-ring (bicyclic) bond motifs is 1. The molecule has 1 unspecified atom stereocenters. The van der Waals surface area contributed by atoms with Gasteiger partial charge in [0.25, 0.3) is 0 Å². The summed E-state index contributed by atoms with van der Waals surface area (Å²) < 4.78 is 2.06. The Bertz CT molecular complexity index is 667. The van der Waals surface area contributed by atoms with Crippen LogP contribution >= 0.6 is 0 Å². The predicted octanol–water partition coefficient (Wildman–Crippen LogP) is 1.61. The zero-order valence-corrected chi connectivity index (χ0v) is 10.2. The maximum atomic E-state index is 6.18. The highest BCUT2D eigenvalue weighted by Crippen LogP contribution is 2.15. The molecule has 3 aromatic rings. The van der Waals surface area contributed by atoms with Crippen molar-refractivity contribution in [2.24, 2.45) is 5.73 Å². The molecule has 0 aliphatic heterocycles. The first-order valence-electron chi connectivity index (χ1n) is 5.92. The molecule has 0 fully saturated rings. The van der Waals surface area contributed by atoms with Gasteiger partial charge in [0, 0.05) is 30.7 Å². The van der Waals surface area contributed by atoms with Crippen molar-refractivity contribution < 1.29 is 0 Å². The van der Waals surface area contributed by atoms with Crippen LogP contribution in [0.25, 0.3) is 5.65 Å². The summed E-state index contributed by atoms with van der Waals surface area (Å²) in [5.74, 6) is 0.888. The van der Waals surface area contributed by atoms with E-state index in [0.29, 0.717) is 0 Å². The summed E-state index contributed by atoms with van der Waals surface area (Å²) in [6.07, 6.45) is 6.40. The van der Waals surface area contributed by atoms with E-state index in [9.17, 15) is 0 Å². The van der Waals surface area contributed by atoms with E-state index in [4.69, 9.17) is 5.73 Å². The number of nitrogens with two attached hydrogens (primary N) is 1. The summed E-state index contributed by atoms with van der Waals surface area (Å²) in [4.78, 5) is 11.7. The number of nitrogens with zero attached hydrogens (tertiary/aromatic N) is 3. The van der Waals surface area contributed by atoms with Crippen molar-refractivity contribution in [2.75, 3.05) is 0 Å². The van der Waals surface area contributed by atoms with Gasteiger partial charge in [-0.05, 0) is 19.1 Å². The second-order valence-electron chi connectivity index (χ2n) is 4.41. The van der Waals surface area contributed by atoms with Crippen LogP contribution in [0.3, 0.4) is 0 Å². The zero-order valence-electron chi connectivity index (χ0n) is 10.2. The molecule has 0 aromatic carbocycles. The minimum Gasteiger partial charge on any atom is -0.345 e. The second-order valence-corrected chi connectivity index (χ2v) is 4.41. The number of aromatic amines is 1. The van der Waals surface area contributed by atoms with Crippen LogP contribution in [-0.2, 0) is 6.42 Å². The molecule has 5 nitrogen and oxygen atoms in total. The van der Waals surface area contributed by atoms with Crippen molar-refractivity contribution in [1.29, 1.82) is 0 Å². The zero-order chi connectivity index (χ0) is 12.5. The Morgan fingerprint density at radius 3 is 3.00 bits per heavy atom. The number of aryl methyl sites for hydroxylation is 1. The first-order valence-corrected chi connectivity index (χ1v) is 5.92. The van der Waals surface area contributed by atoms with Gasteiger partial charge in [-0.25, -0.2) is 9.97 Å². The molecular formula is C13H15N5. The summed E-state index contributed by atoms with van der Waals surface area (Å²) in [5, 5.41) is 0. The summed E-state index contributed by atoms with van der Waals surface area (Å²) in [6.45, 7) is 1.92. The molecule has 0 saturated heterocycles.